The lowest BCUT2D eigenvalue weighted by molar-refractivity contribution is 0.172. The van der Waals surface area contributed by atoms with E-state index in [-0.39, 0.29) is 12.6 Å². The average molecular weight is 248 g/mol. The Kier molecular flexibility index (Phi) is 4.20. The van der Waals surface area contributed by atoms with Gasteiger partial charge in [-0.1, -0.05) is 24.3 Å². The van der Waals surface area contributed by atoms with Crippen LogP contribution in [0.1, 0.15) is 30.1 Å². The maximum Gasteiger partial charge on any atom is 0.314 e. The van der Waals surface area contributed by atoms with Crippen LogP contribution in [0, 0.1) is 12.8 Å². The van der Waals surface area contributed by atoms with Gasteiger partial charge in [-0.25, -0.2) is 4.79 Å². The summed E-state index contributed by atoms with van der Waals surface area (Å²) in [5.41, 5.74) is 1.89. The predicted octanol–water partition coefficient (Wildman–Crippen LogP) is 1.74. The van der Waals surface area contributed by atoms with Crippen LogP contribution in [0.5, 0.6) is 0 Å². The molecule has 0 aliphatic heterocycles. The Bertz CT molecular complexity index is 416. The van der Waals surface area contributed by atoms with Crippen LogP contribution in [0.4, 0.5) is 4.79 Å². The van der Waals surface area contributed by atoms with E-state index in [2.05, 4.69) is 10.6 Å². The topological polar surface area (TPSA) is 61.4 Å². The van der Waals surface area contributed by atoms with E-state index in [1.54, 1.807) is 0 Å². The molecule has 1 aliphatic carbocycles. The number of carbonyl (C=O) groups is 1. The zero-order valence-electron chi connectivity index (χ0n) is 10.6. The van der Waals surface area contributed by atoms with Crippen LogP contribution in [-0.4, -0.2) is 24.2 Å². The van der Waals surface area contributed by atoms with Gasteiger partial charge in [0.05, 0.1) is 6.10 Å². The van der Waals surface area contributed by atoms with Crippen LogP contribution >= 0.6 is 0 Å². The molecule has 0 radical (unpaired) electrons. The summed E-state index contributed by atoms with van der Waals surface area (Å²) in [6.45, 7) is 2.93. The summed E-state index contributed by atoms with van der Waals surface area (Å²) in [6, 6.07) is 7.45. The zero-order valence-corrected chi connectivity index (χ0v) is 10.6. The molecule has 1 unspecified atom stereocenters. The van der Waals surface area contributed by atoms with E-state index in [9.17, 15) is 9.90 Å². The fourth-order valence-corrected chi connectivity index (χ4v) is 1.88. The van der Waals surface area contributed by atoms with Crippen molar-refractivity contribution in [2.75, 3.05) is 13.1 Å². The molecule has 1 aromatic rings. The third-order valence-electron chi connectivity index (χ3n) is 3.25. The summed E-state index contributed by atoms with van der Waals surface area (Å²) in [5.74, 6) is 0.664. The molecule has 0 saturated heterocycles. The highest BCUT2D eigenvalue weighted by molar-refractivity contribution is 5.73. The van der Waals surface area contributed by atoms with Gasteiger partial charge < -0.3 is 15.7 Å². The molecular formula is C14H20N2O2. The van der Waals surface area contributed by atoms with Gasteiger partial charge in [-0.3, -0.25) is 0 Å². The lowest BCUT2D eigenvalue weighted by atomic mass is 10.0. The second-order valence-electron chi connectivity index (χ2n) is 4.91. The van der Waals surface area contributed by atoms with Crippen LogP contribution in [-0.2, 0) is 0 Å². The second kappa shape index (κ2) is 5.87. The summed E-state index contributed by atoms with van der Waals surface area (Å²) in [7, 11) is 0. The molecule has 0 spiro atoms. The lowest BCUT2D eigenvalue weighted by Crippen LogP contribution is -2.38. The van der Waals surface area contributed by atoms with Gasteiger partial charge in [0.2, 0.25) is 0 Å². The number of amides is 2. The molecule has 0 bridgehead atoms. The fourth-order valence-electron chi connectivity index (χ4n) is 1.88. The van der Waals surface area contributed by atoms with Crippen molar-refractivity contribution in [3.8, 4) is 0 Å². The van der Waals surface area contributed by atoms with Crippen molar-refractivity contribution >= 4 is 6.03 Å². The number of nitrogens with one attached hydrogen (secondary N) is 2. The van der Waals surface area contributed by atoms with Gasteiger partial charge in [0.25, 0.3) is 0 Å². The quantitative estimate of drug-likeness (QED) is 0.743. The zero-order chi connectivity index (χ0) is 13.0. The molecule has 1 fully saturated rings. The molecule has 1 saturated carbocycles. The molecule has 2 rings (SSSR count). The Morgan fingerprint density at radius 3 is 2.78 bits per heavy atom. The molecule has 4 nitrogen and oxygen atoms in total. The minimum Gasteiger partial charge on any atom is -0.387 e. The first-order valence-electron chi connectivity index (χ1n) is 6.42. The molecule has 3 N–H and O–H groups in total. The van der Waals surface area contributed by atoms with Crippen LogP contribution in [0.25, 0.3) is 0 Å². The van der Waals surface area contributed by atoms with Gasteiger partial charge in [-0.05, 0) is 36.8 Å². The summed E-state index contributed by atoms with van der Waals surface area (Å²) < 4.78 is 0. The van der Waals surface area contributed by atoms with Gasteiger partial charge in [-0.2, -0.15) is 0 Å². The van der Waals surface area contributed by atoms with E-state index in [0.29, 0.717) is 5.92 Å². The van der Waals surface area contributed by atoms with E-state index < -0.39 is 6.10 Å². The van der Waals surface area contributed by atoms with E-state index in [1.165, 1.54) is 12.8 Å². The molecule has 2 amide bonds. The number of hydrogen-bond acceptors (Lipinski definition) is 2. The van der Waals surface area contributed by atoms with Gasteiger partial charge in [0, 0.05) is 13.1 Å². The van der Waals surface area contributed by atoms with E-state index >= 15 is 0 Å². The average Bonchev–Trinajstić information content (AvgIpc) is 3.18. The summed E-state index contributed by atoms with van der Waals surface area (Å²) >= 11 is 0. The van der Waals surface area contributed by atoms with Crippen LogP contribution < -0.4 is 10.6 Å². The SMILES string of the molecule is Cc1ccccc1C(O)CNC(=O)NCC1CC1. The molecule has 1 aliphatic rings. The Morgan fingerprint density at radius 2 is 2.11 bits per heavy atom. The molecular weight excluding hydrogens is 228 g/mol. The number of urea groups is 1. The third kappa shape index (κ3) is 3.74. The number of benzene rings is 1. The molecule has 18 heavy (non-hydrogen) atoms. The number of aliphatic hydroxyl groups excluding tert-OH is 1. The number of aliphatic hydroxyl groups is 1. The van der Waals surface area contributed by atoms with Crippen LogP contribution in [0.2, 0.25) is 0 Å². The second-order valence-corrected chi connectivity index (χ2v) is 4.91. The molecule has 1 atom stereocenters. The largest absolute Gasteiger partial charge is 0.387 e. The van der Waals surface area contributed by atoms with Crippen molar-refractivity contribution in [1.82, 2.24) is 10.6 Å². The van der Waals surface area contributed by atoms with Crippen molar-refractivity contribution in [3.05, 3.63) is 35.4 Å². The molecule has 1 aromatic carbocycles. The van der Waals surface area contributed by atoms with Crippen molar-refractivity contribution in [2.45, 2.75) is 25.9 Å². The smallest absolute Gasteiger partial charge is 0.314 e. The minimum atomic E-state index is -0.655. The van der Waals surface area contributed by atoms with E-state index in [0.717, 1.165) is 17.7 Å². The van der Waals surface area contributed by atoms with E-state index in [4.69, 9.17) is 0 Å². The summed E-state index contributed by atoms with van der Waals surface area (Å²) in [5, 5.41) is 15.5. The Balaban J connectivity index is 1.75. The highest BCUT2D eigenvalue weighted by Crippen LogP contribution is 2.27. The Hall–Kier alpha value is -1.55. The highest BCUT2D eigenvalue weighted by atomic mass is 16.3. The number of rotatable bonds is 5. The van der Waals surface area contributed by atoms with Crippen molar-refractivity contribution < 1.29 is 9.90 Å². The Morgan fingerprint density at radius 1 is 1.39 bits per heavy atom. The standard InChI is InChI=1S/C14H20N2O2/c1-10-4-2-3-5-12(10)13(17)9-16-14(18)15-8-11-6-7-11/h2-5,11,13,17H,6-9H2,1H3,(H2,15,16,18). The first kappa shape index (κ1) is 12.9. The first-order chi connectivity index (χ1) is 8.66. The van der Waals surface area contributed by atoms with Crippen molar-refractivity contribution in [1.29, 1.82) is 0 Å². The van der Waals surface area contributed by atoms with Crippen LogP contribution in [0.15, 0.2) is 24.3 Å². The minimum absolute atomic E-state index is 0.200. The van der Waals surface area contributed by atoms with Gasteiger partial charge in [-0.15, -0.1) is 0 Å². The molecule has 4 heteroatoms. The maximum absolute atomic E-state index is 11.5. The highest BCUT2D eigenvalue weighted by Gasteiger charge is 2.21. The number of carbonyl (C=O) groups excluding carboxylic acids is 1. The van der Waals surface area contributed by atoms with E-state index in [1.807, 2.05) is 31.2 Å². The predicted molar refractivity (Wildman–Crippen MR) is 70.3 cm³/mol. The van der Waals surface area contributed by atoms with Crippen molar-refractivity contribution in [3.63, 3.8) is 0 Å². The summed E-state index contributed by atoms with van der Waals surface area (Å²) in [6.07, 6.45) is 1.77. The maximum atomic E-state index is 11.5. The Labute approximate surface area is 107 Å². The number of hydrogen-bond donors (Lipinski definition) is 3. The molecule has 0 aromatic heterocycles. The third-order valence-corrected chi connectivity index (χ3v) is 3.25. The molecule has 0 heterocycles. The van der Waals surface area contributed by atoms with Gasteiger partial charge in [0.1, 0.15) is 0 Å². The normalized spacial score (nSPS) is 16.1. The lowest BCUT2D eigenvalue weighted by Gasteiger charge is -2.14. The van der Waals surface area contributed by atoms with Gasteiger partial charge in [0.15, 0.2) is 0 Å². The van der Waals surface area contributed by atoms with Crippen molar-refractivity contribution in [2.24, 2.45) is 5.92 Å². The fraction of sp³-hybridized carbons (Fsp3) is 0.500. The molecule has 98 valence electrons. The first-order valence-corrected chi connectivity index (χ1v) is 6.42. The monoisotopic (exact) mass is 248 g/mol. The number of aryl methyl sites for hydroxylation is 1. The van der Waals surface area contributed by atoms with Gasteiger partial charge >= 0.3 is 6.03 Å². The van der Waals surface area contributed by atoms with Crippen LogP contribution in [0.3, 0.4) is 0 Å². The summed E-state index contributed by atoms with van der Waals surface area (Å²) in [4.78, 5) is 11.5.